The van der Waals surface area contributed by atoms with Gasteiger partial charge in [0, 0.05) is 13.6 Å². The molecule has 0 radical (unpaired) electrons. The Bertz CT molecular complexity index is 741. The fourth-order valence-corrected chi connectivity index (χ4v) is 2.64. The maximum Gasteiger partial charge on any atom is 0.307 e. The summed E-state index contributed by atoms with van der Waals surface area (Å²) < 4.78 is 3.06. The number of aromatic nitrogens is 4. The van der Waals surface area contributed by atoms with Gasteiger partial charge in [0.05, 0.1) is 28.4 Å². The van der Waals surface area contributed by atoms with Crippen molar-refractivity contribution in [2.24, 2.45) is 0 Å². The van der Waals surface area contributed by atoms with E-state index in [1.165, 1.54) is 15.8 Å². The van der Waals surface area contributed by atoms with Crippen LogP contribution in [0.25, 0.3) is 0 Å². The first-order valence-electron chi connectivity index (χ1n) is 7.52. The maximum atomic E-state index is 12.7. The van der Waals surface area contributed by atoms with Crippen molar-refractivity contribution >= 4 is 23.2 Å². The lowest BCUT2D eigenvalue weighted by Crippen LogP contribution is -2.34. The van der Waals surface area contributed by atoms with Gasteiger partial charge in [-0.1, -0.05) is 18.5 Å². The topological polar surface area (TPSA) is 99.1 Å². The Morgan fingerprint density at radius 2 is 2.12 bits per heavy atom. The van der Waals surface area contributed by atoms with Crippen LogP contribution >= 0.6 is 11.6 Å². The number of hydrogen-bond donors (Lipinski definition) is 0. The third-order valence-electron chi connectivity index (χ3n) is 3.75. The molecule has 2 heterocycles. The summed E-state index contributed by atoms with van der Waals surface area (Å²) in [7, 11) is 1.66. The van der Waals surface area contributed by atoms with Crippen LogP contribution in [-0.2, 0) is 17.9 Å². The van der Waals surface area contributed by atoms with E-state index in [0.717, 1.165) is 11.9 Å². The molecule has 1 atom stereocenters. The van der Waals surface area contributed by atoms with Crippen molar-refractivity contribution in [2.45, 2.75) is 39.4 Å². The minimum Gasteiger partial charge on any atom is -0.338 e. The predicted molar refractivity (Wildman–Crippen MR) is 87.6 cm³/mol. The van der Waals surface area contributed by atoms with Crippen LogP contribution < -0.4 is 0 Å². The summed E-state index contributed by atoms with van der Waals surface area (Å²) in [5.41, 5.74) is 0.604. The summed E-state index contributed by atoms with van der Waals surface area (Å²) in [5.74, 6) is -0.199. The molecule has 0 N–H and O–H groups in total. The number of carbonyl (C=O) groups is 1. The summed E-state index contributed by atoms with van der Waals surface area (Å²) >= 11 is 6.13. The van der Waals surface area contributed by atoms with Gasteiger partial charge < -0.3 is 4.90 Å². The normalized spacial score (nSPS) is 12.2. The van der Waals surface area contributed by atoms with Crippen LogP contribution in [0.2, 0.25) is 5.02 Å². The molecule has 0 aliphatic heterocycles. The van der Waals surface area contributed by atoms with Crippen molar-refractivity contribution < 1.29 is 9.72 Å². The van der Waals surface area contributed by atoms with E-state index in [2.05, 4.69) is 10.2 Å². The molecule has 2 aromatic rings. The van der Waals surface area contributed by atoms with Gasteiger partial charge in [-0.3, -0.25) is 24.3 Å². The number of hydrogen-bond acceptors (Lipinski definition) is 5. The van der Waals surface area contributed by atoms with Gasteiger partial charge in [-0.25, -0.2) is 0 Å². The quantitative estimate of drug-likeness (QED) is 0.561. The molecule has 0 aromatic carbocycles. The van der Waals surface area contributed by atoms with Crippen LogP contribution in [0, 0.1) is 10.1 Å². The zero-order chi connectivity index (χ0) is 17.9. The van der Waals surface area contributed by atoms with Crippen LogP contribution in [0.4, 0.5) is 5.69 Å². The molecule has 1 unspecified atom stereocenters. The Balaban J connectivity index is 2.17. The van der Waals surface area contributed by atoms with Crippen molar-refractivity contribution in [3.63, 3.8) is 0 Å². The van der Waals surface area contributed by atoms with E-state index in [9.17, 15) is 14.9 Å². The molecular weight excluding hydrogens is 336 g/mol. The Morgan fingerprint density at radius 3 is 2.67 bits per heavy atom. The number of halogens is 1. The second kappa shape index (κ2) is 7.43. The van der Waals surface area contributed by atoms with Gasteiger partial charge in [-0.05, 0) is 13.3 Å². The third kappa shape index (κ3) is 3.56. The van der Waals surface area contributed by atoms with Gasteiger partial charge in [0.25, 0.3) is 0 Å². The number of amides is 1. The zero-order valence-electron chi connectivity index (χ0n) is 13.7. The summed E-state index contributed by atoms with van der Waals surface area (Å²) in [6, 6.07) is -0.611. The molecular formula is C14H19ClN6O3. The first-order chi connectivity index (χ1) is 11.4. The Labute approximate surface area is 144 Å². The number of likely N-dealkylation sites (N-methyl/N-ethyl adjacent to an activating group) is 1. The molecule has 0 fully saturated rings. The summed E-state index contributed by atoms with van der Waals surface area (Å²) in [6.45, 7) is 4.71. The summed E-state index contributed by atoms with van der Waals surface area (Å²) in [6.07, 6.45) is 4.41. The van der Waals surface area contributed by atoms with E-state index in [1.54, 1.807) is 17.9 Å². The fraction of sp³-hybridized carbons (Fsp3) is 0.500. The standard InChI is InChI=1S/C14H19ClN6O3/c1-4-12(20-8-10(6-16-20)21(23)24)14(22)18(3)9-13-11(15)7-17-19(13)5-2/h6-8,12H,4-5,9H2,1-3H3. The fourth-order valence-electron chi connectivity index (χ4n) is 2.44. The molecule has 130 valence electrons. The lowest BCUT2D eigenvalue weighted by atomic mass is 10.2. The minimum atomic E-state index is -0.611. The monoisotopic (exact) mass is 354 g/mol. The average molecular weight is 355 g/mol. The van der Waals surface area contributed by atoms with Crippen molar-refractivity contribution in [1.29, 1.82) is 0 Å². The van der Waals surface area contributed by atoms with Crippen molar-refractivity contribution in [3.8, 4) is 0 Å². The molecule has 10 heteroatoms. The van der Waals surface area contributed by atoms with Gasteiger partial charge in [-0.2, -0.15) is 10.2 Å². The number of nitro groups is 1. The molecule has 24 heavy (non-hydrogen) atoms. The summed E-state index contributed by atoms with van der Waals surface area (Å²) in [5, 5.41) is 19.4. The Hall–Kier alpha value is -2.42. The molecule has 0 aliphatic carbocycles. The van der Waals surface area contributed by atoms with Crippen LogP contribution in [-0.4, -0.2) is 42.3 Å². The van der Waals surface area contributed by atoms with E-state index in [-0.39, 0.29) is 11.6 Å². The minimum absolute atomic E-state index is 0.143. The molecule has 0 aliphatic rings. The molecule has 1 amide bonds. The molecule has 0 bridgehead atoms. The lowest BCUT2D eigenvalue weighted by Gasteiger charge is -2.23. The second-order valence-corrected chi connectivity index (χ2v) is 5.72. The molecule has 0 saturated carbocycles. The van der Waals surface area contributed by atoms with Gasteiger partial charge in [0.1, 0.15) is 18.4 Å². The second-order valence-electron chi connectivity index (χ2n) is 5.31. The molecule has 0 saturated heterocycles. The Kier molecular flexibility index (Phi) is 5.55. The van der Waals surface area contributed by atoms with E-state index in [0.29, 0.717) is 24.5 Å². The largest absolute Gasteiger partial charge is 0.338 e. The number of nitrogens with zero attached hydrogens (tertiary/aromatic N) is 6. The highest BCUT2D eigenvalue weighted by atomic mass is 35.5. The SMILES string of the molecule is CCC(C(=O)N(C)Cc1c(Cl)cnn1CC)n1cc([N+](=O)[O-])cn1. The molecule has 0 spiro atoms. The average Bonchev–Trinajstić information content (AvgIpc) is 3.16. The third-order valence-corrected chi connectivity index (χ3v) is 4.07. The van der Waals surface area contributed by atoms with Crippen molar-refractivity contribution in [2.75, 3.05) is 7.05 Å². The van der Waals surface area contributed by atoms with E-state index < -0.39 is 11.0 Å². The van der Waals surface area contributed by atoms with Crippen LogP contribution in [0.15, 0.2) is 18.6 Å². The highest BCUT2D eigenvalue weighted by Crippen LogP contribution is 2.21. The highest BCUT2D eigenvalue weighted by molar-refractivity contribution is 6.31. The van der Waals surface area contributed by atoms with Crippen molar-refractivity contribution in [1.82, 2.24) is 24.5 Å². The number of rotatable bonds is 7. The summed E-state index contributed by atoms with van der Waals surface area (Å²) in [4.78, 5) is 24.5. The maximum absolute atomic E-state index is 12.7. The van der Waals surface area contributed by atoms with E-state index >= 15 is 0 Å². The van der Waals surface area contributed by atoms with Gasteiger partial charge in [-0.15, -0.1) is 0 Å². The first kappa shape index (κ1) is 17.9. The molecule has 2 rings (SSSR count). The van der Waals surface area contributed by atoms with Crippen molar-refractivity contribution in [3.05, 3.63) is 39.4 Å². The van der Waals surface area contributed by atoms with E-state index in [4.69, 9.17) is 11.6 Å². The number of aryl methyl sites for hydroxylation is 1. The predicted octanol–water partition coefficient (Wildman–Crippen LogP) is 2.27. The number of carbonyl (C=O) groups excluding carboxylic acids is 1. The lowest BCUT2D eigenvalue weighted by molar-refractivity contribution is -0.385. The van der Waals surface area contributed by atoms with Gasteiger partial charge in [0.2, 0.25) is 5.91 Å². The zero-order valence-corrected chi connectivity index (χ0v) is 14.5. The van der Waals surface area contributed by atoms with Crippen LogP contribution in [0.3, 0.4) is 0 Å². The molecule has 9 nitrogen and oxygen atoms in total. The van der Waals surface area contributed by atoms with Crippen LogP contribution in [0.1, 0.15) is 32.0 Å². The highest BCUT2D eigenvalue weighted by Gasteiger charge is 2.26. The van der Waals surface area contributed by atoms with Crippen LogP contribution in [0.5, 0.6) is 0 Å². The first-order valence-corrected chi connectivity index (χ1v) is 7.90. The Morgan fingerprint density at radius 1 is 1.42 bits per heavy atom. The smallest absolute Gasteiger partial charge is 0.307 e. The van der Waals surface area contributed by atoms with Gasteiger partial charge in [0.15, 0.2) is 0 Å². The van der Waals surface area contributed by atoms with E-state index in [1.807, 2.05) is 13.8 Å². The van der Waals surface area contributed by atoms with Gasteiger partial charge >= 0.3 is 5.69 Å². The molecule has 2 aromatic heterocycles.